The molecule has 0 radical (unpaired) electrons. The molecule has 5 nitrogen and oxygen atoms in total. The molecule has 1 atom stereocenters. The lowest BCUT2D eigenvalue weighted by Gasteiger charge is -2.25. The number of carboxylic acid groups (broad SMARTS) is 1. The Hall–Kier alpha value is -1.20. The summed E-state index contributed by atoms with van der Waals surface area (Å²) in [4.78, 5) is 23.2. The van der Waals surface area contributed by atoms with E-state index in [9.17, 15) is 9.59 Å². The van der Waals surface area contributed by atoms with E-state index in [-0.39, 0.29) is 27.9 Å². The molecule has 2 N–H and O–H groups in total. The highest BCUT2D eigenvalue weighted by Crippen LogP contribution is 2.26. The van der Waals surface area contributed by atoms with Crippen LogP contribution >= 0.6 is 23.2 Å². The van der Waals surface area contributed by atoms with Crippen LogP contribution in [0.4, 0.5) is 0 Å². The van der Waals surface area contributed by atoms with Gasteiger partial charge in [-0.1, -0.05) is 44.0 Å². The standard InChI is InChI=1S/C14H20Cl2N2O3/c1-14(2,3)7-8(5-11(19)20)17-13(21)10-6-9(15)12(16)18(10)4/h6,8H,5,7H2,1-4H3,(H,17,21)(H,19,20). The average molecular weight is 335 g/mol. The zero-order valence-corrected chi connectivity index (χ0v) is 14.0. The second-order valence-corrected chi connectivity index (χ2v) is 7.03. The molecule has 0 aliphatic rings. The first-order valence-corrected chi connectivity index (χ1v) is 7.30. The molecule has 1 unspecified atom stereocenters. The van der Waals surface area contributed by atoms with Crippen LogP contribution in [0.25, 0.3) is 0 Å². The Balaban J connectivity index is 2.89. The summed E-state index contributed by atoms with van der Waals surface area (Å²) in [5.74, 6) is -1.34. The van der Waals surface area contributed by atoms with E-state index in [1.165, 1.54) is 10.6 Å². The predicted octanol–water partition coefficient (Wildman–Crippen LogP) is 3.34. The van der Waals surface area contributed by atoms with Crippen molar-refractivity contribution in [3.05, 3.63) is 21.9 Å². The summed E-state index contributed by atoms with van der Waals surface area (Å²) in [6, 6.07) is 1.01. The fourth-order valence-corrected chi connectivity index (χ4v) is 2.52. The summed E-state index contributed by atoms with van der Waals surface area (Å²) < 4.78 is 1.47. The van der Waals surface area contributed by atoms with Gasteiger partial charge in [0, 0.05) is 13.1 Å². The molecule has 1 amide bonds. The third kappa shape index (κ3) is 5.25. The highest BCUT2D eigenvalue weighted by molar-refractivity contribution is 6.41. The predicted molar refractivity (Wildman–Crippen MR) is 83.0 cm³/mol. The fraction of sp³-hybridized carbons (Fsp3) is 0.571. The first-order chi connectivity index (χ1) is 9.51. The number of carbonyl (C=O) groups is 2. The molecular formula is C14H20Cl2N2O3. The van der Waals surface area contributed by atoms with E-state index in [4.69, 9.17) is 28.3 Å². The lowest BCUT2D eigenvalue weighted by Crippen LogP contribution is -2.39. The van der Waals surface area contributed by atoms with Crippen molar-refractivity contribution in [3.63, 3.8) is 0 Å². The Bertz CT molecular complexity index is 547. The van der Waals surface area contributed by atoms with Gasteiger partial charge in [0.2, 0.25) is 0 Å². The van der Waals surface area contributed by atoms with Gasteiger partial charge in [0.05, 0.1) is 11.4 Å². The van der Waals surface area contributed by atoms with Crippen LogP contribution in [0.3, 0.4) is 0 Å². The molecule has 118 valence electrons. The third-order valence-corrected chi connectivity index (χ3v) is 3.81. The van der Waals surface area contributed by atoms with Gasteiger partial charge >= 0.3 is 5.97 Å². The number of hydrogen-bond donors (Lipinski definition) is 2. The SMILES string of the molecule is Cn1c(C(=O)NC(CC(=O)O)CC(C)(C)C)cc(Cl)c1Cl. The minimum absolute atomic E-state index is 0.100. The second-order valence-electron chi connectivity index (χ2n) is 6.26. The lowest BCUT2D eigenvalue weighted by molar-refractivity contribution is -0.137. The third-order valence-electron chi connectivity index (χ3n) is 2.96. The van der Waals surface area contributed by atoms with E-state index in [1.807, 2.05) is 20.8 Å². The van der Waals surface area contributed by atoms with E-state index in [2.05, 4.69) is 5.32 Å². The highest BCUT2D eigenvalue weighted by atomic mass is 35.5. The second kappa shape index (κ2) is 6.71. The van der Waals surface area contributed by atoms with Gasteiger partial charge in [-0.3, -0.25) is 9.59 Å². The topological polar surface area (TPSA) is 71.3 Å². The van der Waals surface area contributed by atoms with E-state index in [1.54, 1.807) is 7.05 Å². The Kier molecular flexibility index (Phi) is 5.70. The van der Waals surface area contributed by atoms with Crippen molar-refractivity contribution in [1.82, 2.24) is 9.88 Å². The number of carboxylic acids is 1. The number of rotatable bonds is 5. The molecule has 21 heavy (non-hydrogen) atoms. The number of nitrogens with zero attached hydrogens (tertiary/aromatic N) is 1. The normalized spacial score (nSPS) is 13.0. The van der Waals surface area contributed by atoms with Crippen molar-refractivity contribution < 1.29 is 14.7 Å². The van der Waals surface area contributed by atoms with Crippen LogP contribution in [0.15, 0.2) is 6.07 Å². The molecular weight excluding hydrogens is 315 g/mol. The van der Waals surface area contributed by atoms with Crippen molar-refractivity contribution in [2.45, 2.75) is 39.7 Å². The van der Waals surface area contributed by atoms with Crippen LogP contribution in [0, 0.1) is 5.41 Å². The molecule has 1 aromatic heterocycles. The molecule has 7 heteroatoms. The maximum Gasteiger partial charge on any atom is 0.305 e. The molecule has 1 rings (SSSR count). The van der Waals surface area contributed by atoms with E-state index in [0.717, 1.165) is 0 Å². The number of amides is 1. The van der Waals surface area contributed by atoms with Gasteiger partial charge in [-0.2, -0.15) is 0 Å². The summed E-state index contributed by atoms with van der Waals surface area (Å²) in [5.41, 5.74) is 0.200. The van der Waals surface area contributed by atoms with Crippen LogP contribution in [-0.2, 0) is 11.8 Å². The summed E-state index contributed by atoms with van der Waals surface area (Å²) in [7, 11) is 1.62. The first-order valence-electron chi connectivity index (χ1n) is 6.54. The molecule has 0 saturated carbocycles. The minimum Gasteiger partial charge on any atom is -0.481 e. The van der Waals surface area contributed by atoms with Crippen molar-refractivity contribution in [2.24, 2.45) is 12.5 Å². The van der Waals surface area contributed by atoms with Crippen molar-refractivity contribution in [3.8, 4) is 0 Å². The Morgan fingerprint density at radius 3 is 2.33 bits per heavy atom. The van der Waals surface area contributed by atoms with E-state index in [0.29, 0.717) is 12.1 Å². The maximum atomic E-state index is 12.3. The number of hydrogen-bond acceptors (Lipinski definition) is 2. The van der Waals surface area contributed by atoms with Gasteiger partial charge in [-0.05, 0) is 17.9 Å². The number of aromatic nitrogens is 1. The minimum atomic E-state index is -0.951. The Morgan fingerprint density at radius 1 is 1.38 bits per heavy atom. The summed E-state index contributed by atoms with van der Waals surface area (Å²) >= 11 is 11.8. The van der Waals surface area contributed by atoms with Crippen LogP contribution in [-0.4, -0.2) is 27.6 Å². The van der Waals surface area contributed by atoms with Gasteiger partial charge in [0.15, 0.2) is 0 Å². The molecule has 0 aromatic carbocycles. The zero-order chi connectivity index (χ0) is 16.4. The summed E-state index contributed by atoms with van der Waals surface area (Å²) in [6.07, 6.45) is 0.422. The highest BCUT2D eigenvalue weighted by Gasteiger charge is 2.24. The molecule has 1 heterocycles. The molecule has 0 saturated heterocycles. The van der Waals surface area contributed by atoms with Crippen molar-refractivity contribution >= 4 is 35.1 Å². The molecule has 0 fully saturated rings. The number of carbonyl (C=O) groups excluding carboxylic acids is 1. The molecule has 0 bridgehead atoms. The number of nitrogens with one attached hydrogen (secondary N) is 1. The van der Waals surface area contributed by atoms with Crippen LogP contribution in [0.1, 0.15) is 44.1 Å². The monoisotopic (exact) mass is 334 g/mol. The van der Waals surface area contributed by atoms with Gasteiger partial charge in [-0.25, -0.2) is 0 Å². The van der Waals surface area contributed by atoms with E-state index >= 15 is 0 Å². The quantitative estimate of drug-likeness (QED) is 0.867. The lowest BCUT2D eigenvalue weighted by atomic mass is 9.87. The molecule has 0 aliphatic heterocycles. The number of halogens is 2. The summed E-state index contributed by atoms with van der Waals surface area (Å²) in [5, 5.41) is 12.3. The molecule has 0 aliphatic carbocycles. The van der Waals surface area contributed by atoms with Gasteiger partial charge in [0.25, 0.3) is 5.91 Å². The van der Waals surface area contributed by atoms with Gasteiger partial charge in [-0.15, -0.1) is 0 Å². The Morgan fingerprint density at radius 2 is 1.95 bits per heavy atom. The zero-order valence-electron chi connectivity index (χ0n) is 12.5. The maximum absolute atomic E-state index is 12.3. The van der Waals surface area contributed by atoms with Crippen LogP contribution in [0.2, 0.25) is 10.2 Å². The van der Waals surface area contributed by atoms with Gasteiger partial charge in [0.1, 0.15) is 10.8 Å². The van der Waals surface area contributed by atoms with Crippen LogP contribution in [0.5, 0.6) is 0 Å². The van der Waals surface area contributed by atoms with Gasteiger partial charge < -0.3 is 15.0 Å². The number of aliphatic carboxylic acids is 1. The Labute approximate surface area is 134 Å². The molecule has 1 aromatic rings. The van der Waals surface area contributed by atoms with Crippen molar-refractivity contribution in [1.29, 1.82) is 0 Å². The fourth-order valence-electron chi connectivity index (χ4n) is 2.14. The smallest absolute Gasteiger partial charge is 0.305 e. The first kappa shape index (κ1) is 17.9. The molecule has 0 spiro atoms. The van der Waals surface area contributed by atoms with Crippen molar-refractivity contribution in [2.75, 3.05) is 0 Å². The largest absolute Gasteiger partial charge is 0.481 e. The average Bonchev–Trinajstić information content (AvgIpc) is 2.53. The summed E-state index contributed by atoms with van der Waals surface area (Å²) in [6.45, 7) is 5.97. The van der Waals surface area contributed by atoms with Crippen LogP contribution < -0.4 is 5.32 Å². The van der Waals surface area contributed by atoms with E-state index < -0.39 is 12.0 Å².